The largest absolute Gasteiger partial charge is 0.353 e. The van der Waals surface area contributed by atoms with Gasteiger partial charge in [-0.15, -0.1) is 11.3 Å². The van der Waals surface area contributed by atoms with Crippen LogP contribution in [0.2, 0.25) is 0 Å². The Kier molecular flexibility index (Phi) is 5.24. The number of amides is 2. The molecule has 0 unspecified atom stereocenters. The minimum atomic E-state index is -0.0837. The molecule has 1 N–H and O–H groups in total. The summed E-state index contributed by atoms with van der Waals surface area (Å²) in [4.78, 5) is 15.9. The van der Waals surface area contributed by atoms with Gasteiger partial charge in [0.1, 0.15) is 0 Å². The van der Waals surface area contributed by atoms with Crippen molar-refractivity contribution in [2.75, 3.05) is 5.32 Å². The van der Waals surface area contributed by atoms with E-state index in [0.717, 1.165) is 22.5 Å². The van der Waals surface area contributed by atoms with Gasteiger partial charge >= 0.3 is 6.03 Å². The zero-order valence-electron chi connectivity index (χ0n) is 14.8. The van der Waals surface area contributed by atoms with Gasteiger partial charge in [-0.3, -0.25) is 0 Å². The summed E-state index contributed by atoms with van der Waals surface area (Å²) in [6.07, 6.45) is 2.00. The second kappa shape index (κ2) is 7.57. The standard InChI is InChI=1S/C20H23N3OS/c1-15-10-16(2)12-17(11-15)21-20(24)23(14-19-7-5-9-25-19)13-18-6-4-8-22(18)3/h4-12H,13-14H2,1-3H3,(H,21,24). The Morgan fingerprint density at radius 3 is 2.48 bits per heavy atom. The molecule has 2 aromatic heterocycles. The molecule has 0 saturated carbocycles. The van der Waals surface area contributed by atoms with Gasteiger partial charge in [0.15, 0.2) is 0 Å². The van der Waals surface area contributed by atoms with Gasteiger partial charge in [-0.05, 0) is 60.7 Å². The minimum Gasteiger partial charge on any atom is -0.353 e. The van der Waals surface area contributed by atoms with Crippen molar-refractivity contribution in [3.8, 4) is 0 Å². The molecule has 0 aliphatic rings. The van der Waals surface area contributed by atoms with E-state index in [0.29, 0.717) is 13.1 Å². The maximum atomic E-state index is 12.9. The normalized spacial score (nSPS) is 10.7. The molecule has 25 heavy (non-hydrogen) atoms. The van der Waals surface area contributed by atoms with Crippen molar-refractivity contribution in [2.45, 2.75) is 26.9 Å². The summed E-state index contributed by atoms with van der Waals surface area (Å²) in [5, 5.41) is 5.09. The Balaban J connectivity index is 1.79. The van der Waals surface area contributed by atoms with Crippen molar-refractivity contribution < 1.29 is 4.79 Å². The molecule has 0 saturated heterocycles. The number of aryl methyl sites for hydroxylation is 3. The number of urea groups is 1. The van der Waals surface area contributed by atoms with E-state index in [1.54, 1.807) is 11.3 Å². The smallest absolute Gasteiger partial charge is 0.322 e. The van der Waals surface area contributed by atoms with Crippen molar-refractivity contribution >= 4 is 23.1 Å². The Labute approximate surface area is 152 Å². The van der Waals surface area contributed by atoms with Gasteiger partial charge in [0.25, 0.3) is 0 Å². The van der Waals surface area contributed by atoms with Crippen LogP contribution in [0.4, 0.5) is 10.5 Å². The zero-order valence-corrected chi connectivity index (χ0v) is 15.6. The molecule has 0 spiro atoms. The molecular formula is C20H23N3OS. The SMILES string of the molecule is Cc1cc(C)cc(NC(=O)N(Cc2cccs2)Cc2cccn2C)c1. The van der Waals surface area contributed by atoms with Crippen LogP contribution in [-0.2, 0) is 20.1 Å². The monoisotopic (exact) mass is 353 g/mol. The first-order chi connectivity index (χ1) is 12.0. The summed E-state index contributed by atoms with van der Waals surface area (Å²) in [7, 11) is 2.00. The van der Waals surface area contributed by atoms with Crippen LogP contribution in [0.5, 0.6) is 0 Å². The average molecular weight is 353 g/mol. The maximum Gasteiger partial charge on any atom is 0.322 e. The number of hydrogen-bond donors (Lipinski definition) is 1. The minimum absolute atomic E-state index is 0.0837. The molecule has 3 aromatic rings. The number of aromatic nitrogens is 1. The lowest BCUT2D eigenvalue weighted by Gasteiger charge is -2.23. The number of nitrogens with zero attached hydrogens (tertiary/aromatic N) is 2. The van der Waals surface area contributed by atoms with E-state index < -0.39 is 0 Å². The number of benzene rings is 1. The van der Waals surface area contributed by atoms with Crippen LogP contribution >= 0.6 is 11.3 Å². The van der Waals surface area contributed by atoms with Crippen molar-refractivity contribution in [1.29, 1.82) is 0 Å². The number of thiophene rings is 1. The summed E-state index contributed by atoms with van der Waals surface area (Å²) in [5.41, 5.74) is 4.22. The molecule has 4 nitrogen and oxygen atoms in total. The molecule has 2 heterocycles. The highest BCUT2D eigenvalue weighted by Gasteiger charge is 2.17. The second-order valence-corrected chi connectivity index (χ2v) is 7.38. The van der Waals surface area contributed by atoms with Crippen LogP contribution in [0.25, 0.3) is 0 Å². The fraction of sp³-hybridized carbons (Fsp3) is 0.250. The molecular weight excluding hydrogens is 330 g/mol. The average Bonchev–Trinajstić information content (AvgIpc) is 3.18. The first-order valence-corrected chi connectivity index (χ1v) is 9.16. The van der Waals surface area contributed by atoms with Crippen LogP contribution in [-0.4, -0.2) is 15.5 Å². The summed E-state index contributed by atoms with van der Waals surface area (Å²) < 4.78 is 2.05. The summed E-state index contributed by atoms with van der Waals surface area (Å²) in [5.74, 6) is 0. The number of carbonyl (C=O) groups is 1. The van der Waals surface area contributed by atoms with Crippen molar-refractivity contribution in [1.82, 2.24) is 9.47 Å². The topological polar surface area (TPSA) is 37.3 Å². The van der Waals surface area contributed by atoms with Gasteiger partial charge < -0.3 is 14.8 Å². The Bertz CT molecular complexity index is 831. The molecule has 0 bridgehead atoms. The van der Waals surface area contributed by atoms with Crippen LogP contribution < -0.4 is 5.32 Å². The van der Waals surface area contributed by atoms with Crippen LogP contribution in [0.15, 0.2) is 54.0 Å². The van der Waals surface area contributed by atoms with E-state index >= 15 is 0 Å². The van der Waals surface area contributed by atoms with E-state index in [1.165, 1.54) is 4.88 Å². The summed E-state index contributed by atoms with van der Waals surface area (Å²) in [6.45, 7) is 5.24. The number of carbonyl (C=O) groups excluding carboxylic acids is 1. The first kappa shape index (κ1) is 17.3. The molecule has 0 radical (unpaired) electrons. The molecule has 2 amide bonds. The quantitative estimate of drug-likeness (QED) is 0.693. The molecule has 1 aromatic carbocycles. The Hall–Kier alpha value is -2.53. The van der Waals surface area contributed by atoms with Gasteiger partial charge in [-0.2, -0.15) is 0 Å². The molecule has 0 aliphatic carbocycles. The molecule has 0 fully saturated rings. The Morgan fingerprint density at radius 1 is 1.12 bits per heavy atom. The molecule has 0 aliphatic heterocycles. The Morgan fingerprint density at radius 2 is 1.88 bits per heavy atom. The van der Waals surface area contributed by atoms with Gasteiger partial charge in [0.05, 0.1) is 13.1 Å². The lowest BCUT2D eigenvalue weighted by molar-refractivity contribution is 0.205. The number of anilines is 1. The van der Waals surface area contributed by atoms with Crippen molar-refractivity contribution in [2.24, 2.45) is 7.05 Å². The number of hydrogen-bond acceptors (Lipinski definition) is 2. The van der Waals surface area contributed by atoms with E-state index in [4.69, 9.17) is 0 Å². The van der Waals surface area contributed by atoms with Crippen molar-refractivity contribution in [3.05, 3.63) is 75.7 Å². The zero-order chi connectivity index (χ0) is 17.8. The van der Waals surface area contributed by atoms with Crippen LogP contribution in [0.1, 0.15) is 21.7 Å². The van der Waals surface area contributed by atoms with E-state index in [-0.39, 0.29) is 6.03 Å². The van der Waals surface area contributed by atoms with Crippen LogP contribution in [0, 0.1) is 13.8 Å². The molecule has 130 valence electrons. The van der Waals surface area contributed by atoms with E-state index in [9.17, 15) is 4.79 Å². The van der Waals surface area contributed by atoms with Gasteiger partial charge in [0.2, 0.25) is 0 Å². The highest BCUT2D eigenvalue weighted by molar-refractivity contribution is 7.09. The lowest BCUT2D eigenvalue weighted by Crippen LogP contribution is -2.34. The molecule has 5 heteroatoms. The van der Waals surface area contributed by atoms with Crippen LogP contribution in [0.3, 0.4) is 0 Å². The predicted molar refractivity (Wildman–Crippen MR) is 104 cm³/mol. The van der Waals surface area contributed by atoms with E-state index in [2.05, 4.69) is 17.4 Å². The summed E-state index contributed by atoms with van der Waals surface area (Å²) >= 11 is 1.67. The fourth-order valence-corrected chi connectivity index (χ4v) is 3.62. The highest BCUT2D eigenvalue weighted by atomic mass is 32.1. The van der Waals surface area contributed by atoms with Crippen molar-refractivity contribution in [3.63, 3.8) is 0 Å². The lowest BCUT2D eigenvalue weighted by atomic mass is 10.1. The predicted octanol–water partition coefficient (Wildman–Crippen LogP) is 4.94. The molecule has 0 atom stereocenters. The van der Waals surface area contributed by atoms with Gasteiger partial charge in [-0.25, -0.2) is 4.79 Å². The second-order valence-electron chi connectivity index (χ2n) is 6.35. The summed E-state index contributed by atoms with van der Waals surface area (Å²) in [6, 6.07) is 14.1. The fourth-order valence-electron chi connectivity index (χ4n) is 2.90. The van der Waals surface area contributed by atoms with Gasteiger partial charge in [-0.1, -0.05) is 12.1 Å². The van der Waals surface area contributed by atoms with Gasteiger partial charge in [0, 0.05) is 29.5 Å². The highest BCUT2D eigenvalue weighted by Crippen LogP contribution is 2.18. The third-order valence-electron chi connectivity index (χ3n) is 4.09. The first-order valence-electron chi connectivity index (χ1n) is 8.28. The third-order valence-corrected chi connectivity index (χ3v) is 4.95. The molecule has 3 rings (SSSR count). The number of rotatable bonds is 5. The third kappa shape index (κ3) is 4.51. The maximum absolute atomic E-state index is 12.9. The number of nitrogens with one attached hydrogen (secondary N) is 1. The van der Waals surface area contributed by atoms with E-state index in [1.807, 2.05) is 72.3 Å².